The first kappa shape index (κ1) is 19.7. The number of oxazole rings is 1. The maximum absolute atomic E-state index is 13.3. The molecule has 5 rings (SSSR count). The van der Waals surface area contributed by atoms with E-state index in [0.717, 1.165) is 44.6 Å². The molecule has 0 bridgehead atoms. The van der Waals surface area contributed by atoms with E-state index in [1.165, 1.54) is 6.39 Å². The highest BCUT2D eigenvalue weighted by Gasteiger charge is 2.39. The van der Waals surface area contributed by atoms with E-state index in [2.05, 4.69) is 29.9 Å². The number of piperidine rings is 1. The summed E-state index contributed by atoms with van der Waals surface area (Å²) in [6.45, 7) is 5.69. The molecule has 1 saturated carbocycles. The summed E-state index contributed by atoms with van der Waals surface area (Å²) in [5.41, 5.74) is 1.27. The van der Waals surface area contributed by atoms with Crippen molar-refractivity contribution in [2.75, 3.05) is 18.0 Å². The summed E-state index contributed by atoms with van der Waals surface area (Å²) in [6, 6.07) is 4.75. The first-order valence-electron chi connectivity index (χ1n) is 10.9. The molecule has 1 saturated heterocycles. The van der Waals surface area contributed by atoms with Gasteiger partial charge >= 0.3 is 6.01 Å². The normalized spacial score (nSPS) is 17.3. The lowest BCUT2D eigenvalue weighted by atomic mass is 10.0. The Morgan fingerprint density at radius 2 is 1.90 bits per heavy atom. The second-order valence-corrected chi connectivity index (χ2v) is 8.55. The average Bonchev–Trinajstić information content (AvgIpc) is 3.27. The fourth-order valence-electron chi connectivity index (χ4n) is 4.06. The van der Waals surface area contributed by atoms with Crippen molar-refractivity contribution in [3.05, 3.63) is 42.3 Å². The zero-order chi connectivity index (χ0) is 21.4. The summed E-state index contributed by atoms with van der Waals surface area (Å²) in [5.74, 6) is 1.61. The lowest BCUT2D eigenvalue weighted by molar-refractivity contribution is 0.0629. The van der Waals surface area contributed by atoms with Gasteiger partial charge in [-0.05, 0) is 37.8 Å². The topological polar surface area (TPSA) is 101 Å². The molecule has 31 heavy (non-hydrogen) atoms. The predicted molar refractivity (Wildman–Crippen MR) is 113 cm³/mol. The lowest BCUT2D eigenvalue weighted by Gasteiger charge is -2.38. The maximum Gasteiger partial charge on any atom is 0.324 e. The van der Waals surface area contributed by atoms with Crippen LogP contribution < -0.4 is 4.90 Å². The highest BCUT2D eigenvalue weighted by Crippen LogP contribution is 2.34. The summed E-state index contributed by atoms with van der Waals surface area (Å²) < 4.78 is 10.7. The van der Waals surface area contributed by atoms with Crippen LogP contribution in [0.5, 0.6) is 0 Å². The molecule has 2 aliphatic rings. The molecule has 3 aromatic rings. The number of aromatic nitrogens is 4. The Labute approximate surface area is 180 Å². The van der Waals surface area contributed by atoms with Crippen LogP contribution in [0, 0.1) is 0 Å². The largest absolute Gasteiger partial charge is 0.442 e. The van der Waals surface area contributed by atoms with Gasteiger partial charge in [0.05, 0.1) is 11.8 Å². The lowest BCUT2D eigenvalue weighted by Crippen LogP contribution is -2.48. The van der Waals surface area contributed by atoms with E-state index in [-0.39, 0.29) is 17.9 Å². The Hall–Kier alpha value is -3.23. The quantitative estimate of drug-likeness (QED) is 0.595. The van der Waals surface area contributed by atoms with Gasteiger partial charge in [0.15, 0.2) is 18.0 Å². The Morgan fingerprint density at radius 3 is 2.48 bits per heavy atom. The molecule has 0 unspecified atom stereocenters. The molecule has 9 nitrogen and oxygen atoms in total. The van der Waals surface area contributed by atoms with Crippen molar-refractivity contribution in [2.24, 2.45) is 0 Å². The van der Waals surface area contributed by atoms with Crippen molar-refractivity contribution in [2.45, 2.75) is 57.5 Å². The van der Waals surface area contributed by atoms with Gasteiger partial charge in [0, 0.05) is 37.3 Å². The van der Waals surface area contributed by atoms with Crippen molar-refractivity contribution in [1.29, 1.82) is 0 Å². The number of anilines is 1. The van der Waals surface area contributed by atoms with Gasteiger partial charge < -0.3 is 18.7 Å². The predicted octanol–water partition coefficient (Wildman–Crippen LogP) is 3.52. The third-order valence-corrected chi connectivity index (χ3v) is 5.95. The molecule has 162 valence electrons. The SMILES string of the molecule is CC(C)c1noc(N2CCC(N(C(=O)c3ccc(-c4cnco4)nc3)C3CC3)CC2)n1. The van der Waals surface area contributed by atoms with Crippen LogP contribution >= 0.6 is 0 Å². The number of amides is 1. The first-order chi connectivity index (χ1) is 15.1. The third-order valence-electron chi connectivity index (χ3n) is 5.95. The molecule has 1 aliphatic carbocycles. The van der Waals surface area contributed by atoms with E-state index in [4.69, 9.17) is 8.94 Å². The van der Waals surface area contributed by atoms with Gasteiger partial charge in [-0.15, -0.1) is 0 Å². The van der Waals surface area contributed by atoms with Crippen LogP contribution in [0.1, 0.15) is 61.6 Å². The molecule has 0 spiro atoms. The summed E-state index contributed by atoms with van der Waals surface area (Å²) in [4.78, 5) is 30.4. The standard InChI is InChI=1S/C22H26N6O3/c1-14(2)20-25-22(31-26-20)27-9-7-17(8-10-27)28(16-4-5-16)21(29)15-3-6-18(24-11-15)19-12-23-13-30-19/h3,6,11-14,16-17H,4-5,7-10H2,1-2H3. The fourth-order valence-corrected chi connectivity index (χ4v) is 4.06. The molecule has 4 heterocycles. The number of hydrogen-bond donors (Lipinski definition) is 0. The minimum atomic E-state index is 0.0532. The Balaban J connectivity index is 1.26. The second kappa shape index (κ2) is 8.13. The van der Waals surface area contributed by atoms with Crippen molar-refractivity contribution in [3.8, 4) is 11.5 Å². The highest BCUT2D eigenvalue weighted by molar-refractivity contribution is 5.94. The second-order valence-electron chi connectivity index (χ2n) is 8.55. The molecule has 9 heteroatoms. The van der Waals surface area contributed by atoms with Gasteiger partial charge in [-0.2, -0.15) is 4.98 Å². The van der Waals surface area contributed by atoms with E-state index in [1.54, 1.807) is 12.4 Å². The van der Waals surface area contributed by atoms with Gasteiger partial charge in [0.2, 0.25) is 0 Å². The first-order valence-corrected chi connectivity index (χ1v) is 10.9. The monoisotopic (exact) mass is 422 g/mol. The van der Waals surface area contributed by atoms with Crippen LogP contribution in [-0.2, 0) is 0 Å². The van der Waals surface area contributed by atoms with Gasteiger partial charge in [-0.3, -0.25) is 9.78 Å². The van der Waals surface area contributed by atoms with Crippen molar-refractivity contribution in [1.82, 2.24) is 25.0 Å². The Bertz CT molecular complexity index is 1020. The number of nitrogens with zero attached hydrogens (tertiary/aromatic N) is 6. The van der Waals surface area contributed by atoms with Gasteiger partial charge in [-0.25, -0.2) is 4.98 Å². The maximum atomic E-state index is 13.3. The van der Waals surface area contributed by atoms with Crippen molar-refractivity contribution >= 4 is 11.9 Å². The van der Waals surface area contributed by atoms with Crippen LogP contribution in [0.3, 0.4) is 0 Å². The number of carbonyl (C=O) groups is 1. The molecule has 2 fully saturated rings. The Morgan fingerprint density at radius 1 is 1.13 bits per heavy atom. The van der Waals surface area contributed by atoms with Gasteiger partial charge in [-0.1, -0.05) is 19.0 Å². The van der Waals surface area contributed by atoms with Crippen LogP contribution in [-0.4, -0.2) is 56.1 Å². The minimum Gasteiger partial charge on any atom is -0.442 e. The zero-order valence-electron chi connectivity index (χ0n) is 17.8. The van der Waals surface area contributed by atoms with E-state index >= 15 is 0 Å². The molecular weight excluding hydrogens is 396 g/mol. The third kappa shape index (κ3) is 4.04. The number of carbonyl (C=O) groups excluding carboxylic acids is 1. The zero-order valence-corrected chi connectivity index (χ0v) is 17.8. The smallest absolute Gasteiger partial charge is 0.324 e. The minimum absolute atomic E-state index is 0.0532. The molecule has 3 aromatic heterocycles. The molecule has 1 amide bonds. The van der Waals surface area contributed by atoms with E-state index in [9.17, 15) is 4.79 Å². The summed E-state index contributed by atoms with van der Waals surface area (Å²) >= 11 is 0. The van der Waals surface area contributed by atoms with Crippen LogP contribution in [0.2, 0.25) is 0 Å². The van der Waals surface area contributed by atoms with Crippen LogP contribution in [0.25, 0.3) is 11.5 Å². The summed E-state index contributed by atoms with van der Waals surface area (Å²) in [6.07, 6.45) is 8.51. The van der Waals surface area contributed by atoms with Gasteiger partial charge in [0.25, 0.3) is 5.91 Å². The van der Waals surface area contributed by atoms with Gasteiger partial charge in [0.1, 0.15) is 5.69 Å². The molecule has 1 aliphatic heterocycles. The molecule has 0 N–H and O–H groups in total. The number of rotatable bonds is 6. The highest BCUT2D eigenvalue weighted by atomic mass is 16.5. The summed E-state index contributed by atoms with van der Waals surface area (Å²) in [7, 11) is 0. The molecular formula is C22H26N6O3. The molecule has 0 atom stereocenters. The fraction of sp³-hybridized carbons (Fsp3) is 0.500. The Kier molecular flexibility index (Phi) is 5.17. The van der Waals surface area contributed by atoms with Crippen molar-refractivity contribution < 1.29 is 13.7 Å². The van der Waals surface area contributed by atoms with Crippen LogP contribution in [0.15, 0.2) is 39.9 Å². The average molecular weight is 422 g/mol. The number of hydrogen-bond acceptors (Lipinski definition) is 8. The molecule has 0 aromatic carbocycles. The summed E-state index contributed by atoms with van der Waals surface area (Å²) in [5, 5.41) is 4.07. The van der Waals surface area contributed by atoms with Crippen LogP contribution in [0.4, 0.5) is 6.01 Å². The molecule has 0 radical (unpaired) electrons. The van der Waals surface area contributed by atoms with E-state index in [0.29, 0.717) is 29.1 Å². The van der Waals surface area contributed by atoms with E-state index < -0.39 is 0 Å². The van der Waals surface area contributed by atoms with E-state index in [1.807, 2.05) is 26.0 Å². The van der Waals surface area contributed by atoms with Crippen molar-refractivity contribution in [3.63, 3.8) is 0 Å². The number of pyridine rings is 1.